The van der Waals surface area contributed by atoms with Gasteiger partial charge in [-0.15, -0.1) is 0 Å². The Morgan fingerprint density at radius 1 is 0.682 bits per heavy atom. The average molecular weight is 568 g/mol. The summed E-state index contributed by atoms with van der Waals surface area (Å²) in [6.45, 7) is 2.30. The Hall–Kier alpha value is -4.93. The van der Waals surface area contributed by atoms with Gasteiger partial charge in [0.25, 0.3) is 0 Å². The van der Waals surface area contributed by atoms with E-state index in [0.29, 0.717) is 5.56 Å². The van der Waals surface area contributed by atoms with E-state index in [0.717, 1.165) is 11.5 Å². The first-order valence-corrected chi connectivity index (χ1v) is 16.1. The molecule has 1 heteroatoms. The lowest BCUT2D eigenvalue weighted by molar-refractivity contribution is 0.514. The molecule has 1 nitrogen and oxygen atoms in total. The molecule has 0 saturated heterocycles. The molecule has 0 amide bonds. The van der Waals surface area contributed by atoms with Gasteiger partial charge in [0.2, 0.25) is 0 Å². The van der Waals surface area contributed by atoms with Gasteiger partial charge in [-0.05, 0) is 110 Å². The van der Waals surface area contributed by atoms with Crippen LogP contribution in [-0.2, 0) is 6.42 Å². The van der Waals surface area contributed by atoms with E-state index < -0.39 is 0 Å². The fraction of sp³-hybridized carbons (Fsp3) is 0.186. The number of fused-ring (bicyclic) bond motifs is 7. The molecule has 0 fully saturated rings. The summed E-state index contributed by atoms with van der Waals surface area (Å²) >= 11 is 0. The number of hydrogen-bond donors (Lipinski definition) is 0. The normalized spacial score (nSPS) is 15.4. The number of nitriles is 1. The molecule has 6 aromatic carbocycles. The summed E-state index contributed by atoms with van der Waals surface area (Å²) in [5.41, 5.74) is 9.34. The summed E-state index contributed by atoms with van der Waals surface area (Å²) in [5, 5.41) is 16.8. The van der Waals surface area contributed by atoms with Crippen molar-refractivity contribution in [1.29, 1.82) is 5.26 Å². The van der Waals surface area contributed by atoms with Gasteiger partial charge in [0.15, 0.2) is 0 Å². The molecule has 214 valence electrons. The van der Waals surface area contributed by atoms with Crippen molar-refractivity contribution in [2.75, 3.05) is 0 Å². The topological polar surface area (TPSA) is 23.8 Å². The zero-order valence-electron chi connectivity index (χ0n) is 25.4. The Labute approximate surface area is 260 Å². The van der Waals surface area contributed by atoms with Gasteiger partial charge in [-0.3, -0.25) is 0 Å². The van der Waals surface area contributed by atoms with Gasteiger partial charge in [0.1, 0.15) is 0 Å². The first-order chi connectivity index (χ1) is 21.7. The van der Waals surface area contributed by atoms with Gasteiger partial charge >= 0.3 is 0 Å². The minimum absolute atomic E-state index is 0.690. The summed E-state index contributed by atoms with van der Waals surface area (Å²) in [6.07, 6.45) is 12.6. The summed E-state index contributed by atoms with van der Waals surface area (Å²) in [4.78, 5) is 0. The maximum atomic E-state index is 8.89. The molecule has 0 aromatic heterocycles. The predicted octanol–water partition coefficient (Wildman–Crippen LogP) is 11.8. The maximum Gasteiger partial charge on any atom is 0.0991 e. The van der Waals surface area contributed by atoms with E-state index in [1.807, 2.05) is 24.3 Å². The van der Waals surface area contributed by atoms with Crippen molar-refractivity contribution in [3.63, 3.8) is 0 Å². The zero-order chi connectivity index (χ0) is 29.9. The highest BCUT2D eigenvalue weighted by Crippen LogP contribution is 2.43. The van der Waals surface area contributed by atoms with E-state index in [1.165, 1.54) is 82.0 Å². The number of nitrogens with zero attached hydrogens (tertiary/aromatic N) is 1. The largest absolute Gasteiger partial charge is 0.192 e. The minimum atomic E-state index is 0.690. The quantitative estimate of drug-likeness (QED) is 0.194. The van der Waals surface area contributed by atoms with Crippen molar-refractivity contribution < 1.29 is 0 Å². The first kappa shape index (κ1) is 27.9. The highest BCUT2D eigenvalue weighted by Gasteiger charge is 2.26. The third kappa shape index (κ3) is 5.34. The number of hydrogen-bond acceptors (Lipinski definition) is 1. The number of aryl methyl sites for hydroxylation is 1. The van der Waals surface area contributed by atoms with Crippen LogP contribution in [0.4, 0.5) is 0 Å². The van der Waals surface area contributed by atoms with E-state index in [4.69, 9.17) is 5.26 Å². The molecule has 1 unspecified atom stereocenters. The van der Waals surface area contributed by atoms with Crippen molar-refractivity contribution in [3.05, 3.63) is 150 Å². The Balaban J connectivity index is 0.000000142. The first-order valence-electron chi connectivity index (χ1n) is 16.1. The van der Waals surface area contributed by atoms with Crippen LogP contribution >= 0.6 is 0 Å². The van der Waals surface area contributed by atoms with Gasteiger partial charge in [-0.25, -0.2) is 0 Å². The lowest BCUT2D eigenvalue weighted by atomic mass is 9.74. The van der Waals surface area contributed by atoms with Crippen LogP contribution in [0.5, 0.6) is 0 Å². The van der Waals surface area contributed by atoms with E-state index >= 15 is 0 Å². The summed E-state index contributed by atoms with van der Waals surface area (Å²) < 4.78 is 0. The van der Waals surface area contributed by atoms with Gasteiger partial charge < -0.3 is 0 Å². The highest BCUT2D eigenvalue weighted by atomic mass is 14.3. The maximum absolute atomic E-state index is 8.89. The smallest absolute Gasteiger partial charge is 0.0991 e. The van der Waals surface area contributed by atoms with Crippen LogP contribution in [-0.4, -0.2) is 0 Å². The molecule has 8 rings (SSSR count). The van der Waals surface area contributed by atoms with Gasteiger partial charge in [0, 0.05) is 0 Å². The van der Waals surface area contributed by atoms with Crippen LogP contribution in [0.15, 0.2) is 133 Å². The van der Waals surface area contributed by atoms with Crippen molar-refractivity contribution in [3.8, 4) is 17.2 Å². The van der Waals surface area contributed by atoms with Crippen molar-refractivity contribution in [2.24, 2.45) is 5.92 Å². The summed E-state index contributed by atoms with van der Waals surface area (Å²) in [6, 6.07) is 42.7. The van der Waals surface area contributed by atoms with Crippen molar-refractivity contribution >= 4 is 37.9 Å². The molecule has 0 bridgehead atoms. The van der Waals surface area contributed by atoms with E-state index in [9.17, 15) is 0 Å². The second-order valence-electron chi connectivity index (χ2n) is 12.1. The van der Waals surface area contributed by atoms with Gasteiger partial charge in [-0.1, -0.05) is 135 Å². The number of rotatable bonds is 4. The average Bonchev–Trinajstić information content (AvgIpc) is 3.10. The molecule has 0 heterocycles. The molecular formula is C43H37N. The zero-order valence-corrected chi connectivity index (χ0v) is 25.4. The Kier molecular flexibility index (Phi) is 7.83. The van der Waals surface area contributed by atoms with Crippen LogP contribution in [0.1, 0.15) is 55.7 Å². The van der Waals surface area contributed by atoms with Crippen LogP contribution in [0, 0.1) is 17.2 Å². The van der Waals surface area contributed by atoms with Gasteiger partial charge in [-0.2, -0.15) is 5.26 Å². The lowest BCUT2D eigenvalue weighted by Crippen LogP contribution is -2.15. The second kappa shape index (κ2) is 12.4. The highest BCUT2D eigenvalue weighted by molar-refractivity contribution is 6.08. The Morgan fingerprint density at radius 2 is 1.36 bits per heavy atom. The third-order valence-electron chi connectivity index (χ3n) is 9.52. The SMILES string of the molecule is CCCCC1CC=CC2=C1CCc1c2ccc2ccccc12.N#Cc1ccc(-c2ccc3c(ccc4ccccc43)c2)cc1. The van der Waals surface area contributed by atoms with Crippen molar-refractivity contribution in [1.82, 2.24) is 0 Å². The van der Waals surface area contributed by atoms with Crippen LogP contribution in [0.2, 0.25) is 0 Å². The van der Waals surface area contributed by atoms with E-state index in [-0.39, 0.29) is 0 Å². The molecule has 2 aliphatic carbocycles. The summed E-state index contributed by atoms with van der Waals surface area (Å²) in [5.74, 6) is 0.791. The summed E-state index contributed by atoms with van der Waals surface area (Å²) in [7, 11) is 0. The van der Waals surface area contributed by atoms with Crippen LogP contribution < -0.4 is 0 Å². The molecule has 6 aromatic rings. The standard InChI is InChI=1S/C22H24.C21H13N/c1-2-3-7-16-9-6-11-20-19(16)14-15-21-18-10-5-4-8-17(18)12-13-22(20)21;22-14-15-5-7-16(8-6-15)18-11-12-21-19(13-18)10-9-17-3-1-2-4-20(17)21/h4-6,8,10-13,16H,2-3,7,9,14-15H2,1H3;1-13H. The number of allylic oxidation sites excluding steroid dienone is 4. The second-order valence-corrected chi connectivity index (χ2v) is 12.1. The van der Waals surface area contributed by atoms with Gasteiger partial charge in [0.05, 0.1) is 11.6 Å². The fourth-order valence-corrected chi connectivity index (χ4v) is 7.21. The van der Waals surface area contributed by atoms with E-state index in [1.54, 1.807) is 16.7 Å². The molecule has 0 spiro atoms. The fourth-order valence-electron chi connectivity index (χ4n) is 7.21. The monoisotopic (exact) mass is 567 g/mol. The molecule has 0 aliphatic heterocycles. The molecular weight excluding hydrogens is 530 g/mol. The number of unbranched alkanes of at least 4 members (excludes halogenated alkanes) is 1. The number of benzene rings is 6. The molecule has 44 heavy (non-hydrogen) atoms. The molecule has 0 saturated carbocycles. The minimum Gasteiger partial charge on any atom is -0.192 e. The predicted molar refractivity (Wildman–Crippen MR) is 188 cm³/mol. The molecule has 0 N–H and O–H groups in total. The molecule has 1 atom stereocenters. The molecule has 2 aliphatic rings. The Morgan fingerprint density at radius 3 is 2.16 bits per heavy atom. The Bertz CT molecular complexity index is 2080. The third-order valence-corrected chi connectivity index (χ3v) is 9.52. The van der Waals surface area contributed by atoms with E-state index in [2.05, 4.69) is 116 Å². The molecule has 0 radical (unpaired) electrons. The lowest BCUT2D eigenvalue weighted by Gasteiger charge is -2.31. The van der Waals surface area contributed by atoms with Crippen LogP contribution in [0.3, 0.4) is 0 Å². The van der Waals surface area contributed by atoms with Crippen molar-refractivity contribution in [2.45, 2.75) is 45.4 Å². The van der Waals surface area contributed by atoms with Crippen LogP contribution in [0.25, 0.3) is 49.0 Å².